The van der Waals surface area contributed by atoms with E-state index in [9.17, 15) is 9.59 Å². The van der Waals surface area contributed by atoms with Crippen LogP contribution in [0.4, 0.5) is 5.00 Å². The Bertz CT molecular complexity index is 3590. The highest BCUT2D eigenvalue weighted by molar-refractivity contribution is 8.35. The van der Waals surface area contributed by atoms with E-state index in [0.717, 1.165) is 46.2 Å². The van der Waals surface area contributed by atoms with Gasteiger partial charge in [0.25, 0.3) is 11.8 Å². The number of ether oxygens (including phenoxy) is 4. The first-order chi connectivity index (χ1) is 37.4. The van der Waals surface area contributed by atoms with Crippen LogP contribution in [0, 0.1) is 0 Å². The summed E-state index contributed by atoms with van der Waals surface area (Å²) in [5.41, 5.74) is -3.20. The Balaban J connectivity index is 1.18. The lowest BCUT2D eigenvalue weighted by molar-refractivity contribution is -0.167. The second-order valence-corrected chi connectivity index (χ2v) is 24.0. The minimum absolute atomic E-state index is 0.0700. The van der Waals surface area contributed by atoms with Gasteiger partial charge in [-0.1, -0.05) is 146 Å². The smallest absolute Gasteiger partial charge is 0.334 e. The van der Waals surface area contributed by atoms with Gasteiger partial charge in [0, 0.05) is 39.4 Å². The maximum atomic E-state index is 16.1. The van der Waals surface area contributed by atoms with Crippen LogP contribution in [0.25, 0.3) is 25.2 Å². The molecule has 5 heterocycles. The Morgan fingerprint density at radius 2 is 0.922 bits per heavy atom. The lowest BCUT2D eigenvalue weighted by Crippen LogP contribution is -2.51. The molecule has 2 aliphatic carbocycles. The van der Waals surface area contributed by atoms with Gasteiger partial charge in [-0.15, -0.1) is 34.0 Å². The Labute approximate surface area is 471 Å². The van der Waals surface area contributed by atoms with Crippen LogP contribution in [0.15, 0.2) is 143 Å². The highest BCUT2D eigenvalue weighted by atomic mass is 32.2. The van der Waals surface area contributed by atoms with Crippen LogP contribution in [0.2, 0.25) is 0 Å². The molecule has 3 aromatic heterocycles. The second-order valence-electron chi connectivity index (χ2n) is 17.6. The molecule has 7 aromatic rings. The number of thioether (sulfide) groups is 2. The van der Waals surface area contributed by atoms with E-state index in [1.807, 2.05) is 19.1 Å². The first kappa shape index (κ1) is 52.1. The van der Waals surface area contributed by atoms with Gasteiger partial charge in [-0.3, -0.25) is 38.6 Å². The maximum absolute atomic E-state index is 16.1. The van der Waals surface area contributed by atoms with E-state index in [1.165, 1.54) is 27.2 Å². The largest absolute Gasteiger partial charge is 0.459 e. The van der Waals surface area contributed by atoms with E-state index in [2.05, 4.69) is 0 Å². The lowest BCUT2D eigenvalue weighted by atomic mass is 9.70. The first-order valence-corrected chi connectivity index (χ1v) is 28.8. The van der Waals surface area contributed by atoms with Gasteiger partial charge >= 0.3 is 23.9 Å². The average molecular weight is 1150 g/mol. The monoisotopic (exact) mass is 1150 g/mol. The van der Waals surface area contributed by atoms with E-state index in [-0.39, 0.29) is 80.6 Å². The maximum Gasteiger partial charge on any atom is 0.334 e. The van der Waals surface area contributed by atoms with Crippen LogP contribution < -0.4 is 0 Å². The quantitative estimate of drug-likeness (QED) is 0.0387. The summed E-state index contributed by atoms with van der Waals surface area (Å²) in [5, 5.41) is 0.415. The van der Waals surface area contributed by atoms with Crippen molar-refractivity contribution in [3.05, 3.63) is 177 Å². The van der Waals surface area contributed by atoms with Crippen molar-refractivity contribution >= 4 is 157 Å². The number of fused-ring (bicyclic) bond motifs is 7. The van der Waals surface area contributed by atoms with Crippen LogP contribution in [-0.2, 0) is 85.0 Å². The van der Waals surface area contributed by atoms with Crippen LogP contribution in [0.5, 0.6) is 0 Å². The van der Waals surface area contributed by atoms with Gasteiger partial charge < -0.3 is 18.9 Å². The van der Waals surface area contributed by atoms with Gasteiger partial charge in [0.2, 0.25) is 10.8 Å². The summed E-state index contributed by atoms with van der Waals surface area (Å²) in [7, 11) is 0. The van der Waals surface area contributed by atoms with E-state index < -0.39 is 40.6 Å². The molecule has 4 aliphatic rings. The standard InChI is InChI=1S/C56H40N4O10S7/c1-3-59-47(61)45(76-53(59)71)57-37-25-35-39(55(37,49(63)67-27-31-17-9-5-10-18-31)50(64)68-28-32-19-11-6-12-20-32)40-43(73-35)44-41(42-36(74-44)26-38(75-42)58-46-48(62)60(4-2)54(72)77-46)56(40,51(65)69-29-33-21-13-7-14-22-33)52(66)70-30-34-23-15-8-16-24-34/h5-26H,3-4,27-30H2,1-2H3/b57-45-,58-46-. The van der Waals surface area contributed by atoms with Crippen molar-refractivity contribution in [3.63, 3.8) is 0 Å². The van der Waals surface area contributed by atoms with Crippen molar-refractivity contribution in [1.82, 2.24) is 9.80 Å². The summed E-state index contributed by atoms with van der Waals surface area (Å²) in [6, 6.07) is 37.3. The zero-order valence-corrected chi connectivity index (χ0v) is 46.4. The fourth-order valence-electron chi connectivity index (χ4n) is 9.44. The van der Waals surface area contributed by atoms with Gasteiger partial charge in [-0.2, -0.15) is 0 Å². The minimum atomic E-state index is -2.72. The molecule has 0 N–H and O–H groups in total. The molecule has 2 fully saturated rings. The van der Waals surface area contributed by atoms with Crippen molar-refractivity contribution in [1.29, 1.82) is 0 Å². The number of nitrogens with zero attached hydrogens (tertiary/aromatic N) is 4. The van der Waals surface area contributed by atoms with Crippen molar-refractivity contribution in [2.24, 2.45) is 9.98 Å². The number of carbonyl (C=O) groups is 6. The molecule has 0 spiro atoms. The van der Waals surface area contributed by atoms with Crippen LogP contribution in [0.1, 0.15) is 57.7 Å². The van der Waals surface area contributed by atoms with Gasteiger partial charge in [0.05, 0.1) is 20.2 Å². The summed E-state index contributed by atoms with van der Waals surface area (Å²) in [5.74, 6) is -5.36. The molecule has 4 aromatic carbocycles. The Hall–Kier alpha value is -6.98. The molecule has 0 atom stereocenters. The molecule has 21 heteroatoms. The summed E-state index contributed by atoms with van der Waals surface area (Å²) >= 11 is 16.6. The molecule has 14 nitrogen and oxygen atoms in total. The normalized spacial score (nSPS) is 17.0. The molecular formula is C56H40N4O10S7. The Morgan fingerprint density at radius 3 is 1.34 bits per heavy atom. The highest BCUT2D eigenvalue weighted by Crippen LogP contribution is 2.66. The van der Waals surface area contributed by atoms with Gasteiger partial charge in [-0.25, -0.2) is 9.98 Å². The highest BCUT2D eigenvalue weighted by Gasteiger charge is 2.69. The molecule has 386 valence electrons. The third-order valence-electron chi connectivity index (χ3n) is 13.1. The zero-order chi connectivity index (χ0) is 53.6. The molecule has 0 saturated carbocycles. The number of hydrogen-bond donors (Lipinski definition) is 0. The van der Waals surface area contributed by atoms with E-state index in [0.29, 0.717) is 57.3 Å². The fourth-order valence-corrected chi connectivity index (χ4v) is 16.2. The minimum Gasteiger partial charge on any atom is -0.459 e. The fraction of sp³-hybridized carbons (Fsp3) is 0.179. The van der Waals surface area contributed by atoms with Crippen molar-refractivity contribution in [3.8, 4) is 9.75 Å². The second kappa shape index (κ2) is 21.4. The molecular weight excluding hydrogens is 1110 g/mol. The topological polar surface area (TPSA) is 171 Å². The van der Waals surface area contributed by atoms with Crippen LogP contribution in [0.3, 0.4) is 0 Å². The van der Waals surface area contributed by atoms with Gasteiger partial charge in [0.15, 0.2) is 10.1 Å². The number of hydrogen-bond acceptors (Lipinski definition) is 19. The molecule has 0 bridgehead atoms. The molecule has 2 amide bonds. The predicted molar refractivity (Wildman–Crippen MR) is 308 cm³/mol. The third-order valence-corrected chi connectivity index (χ3v) is 19.3. The molecule has 11 rings (SSSR count). The van der Waals surface area contributed by atoms with Crippen molar-refractivity contribution < 1.29 is 47.7 Å². The summed E-state index contributed by atoms with van der Waals surface area (Å²) < 4.78 is 26.8. The van der Waals surface area contributed by atoms with E-state index in [1.54, 1.807) is 122 Å². The number of amides is 2. The summed E-state index contributed by atoms with van der Waals surface area (Å²) in [6.45, 7) is 2.92. The van der Waals surface area contributed by atoms with E-state index >= 15 is 19.2 Å². The third kappa shape index (κ3) is 9.06. The Morgan fingerprint density at radius 1 is 0.519 bits per heavy atom. The number of carbonyl (C=O) groups excluding carboxylic acids is 6. The van der Waals surface area contributed by atoms with Crippen molar-refractivity contribution in [2.75, 3.05) is 13.1 Å². The van der Waals surface area contributed by atoms with Crippen molar-refractivity contribution in [2.45, 2.75) is 51.1 Å². The van der Waals surface area contributed by atoms with E-state index in [4.69, 9.17) is 53.4 Å². The molecule has 0 unspecified atom stereocenters. The predicted octanol–water partition coefficient (Wildman–Crippen LogP) is 11.0. The molecule has 77 heavy (non-hydrogen) atoms. The molecule has 2 saturated heterocycles. The zero-order valence-electron chi connectivity index (χ0n) is 40.7. The number of thiophene rings is 3. The van der Waals surface area contributed by atoms with Crippen LogP contribution in [-0.4, -0.2) is 77.3 Å². The van der Waals surface area contributed by atoms with Crippen LogP contribution >= 0.6 is 82.0 Å². The molecule has 2 aliphatic heterocycles. The molecule has 0 radical (unpaired) electrons. The number of aliphatic imine (C=N–C) groups is 2. The number of rotatable bonds is 16. The number of esters is 4. The summed E-state index contributed by atoms with van der Waals surface area (Å²) in [6.07, 6.45) is 1.50. The SMILES string of the molecule is CCN1C(=O)/C(=N/C2=Cc3sc4c(c3C2(C(=O)OCc2ccccc2)C(=O)OCc2ccccc2)C(C(=O)OCc2ccccc2)(C(=O)OCc2ccccc2)c2c-4sc3cc(/N=C4\SC(=S)N(CC)C4=O)sc23)SC1=S. The van der Waals surface area contributed by atoms with Gasteiger partial charge in [-0.05, 0) is 71.8 Å². The number of thiocarbonyl (C=S) groups is 2. The Kier molecular flexibility index (Phi) is 14.5. The summed E-state index contributed by atoms with van der Waals surface area (Å²) in [4.78, 5) is 105. The first-order valence-electron chi connectivity index (χ1n) is 23.9. The van der Waals surface area contributed by atoms with Gasteiger partial charge in [0.1, 0.15) is 40.1 Å². The number of benzene rings is 4. The lowest BCUT2D eigenvalue weighted by Gasteiger charge is -2.32. The average Bonchev–Trinajstić information content (AvgIpc) is 4.50.